The summed E-state index contributed by atoms with van der Waals surface area (Å²) in [5.74, 6) is 0.566. The van der Waals surface area contributed by atoms with Crippen LogP contribution in [0.1, 0.15) is 61.0 Å². The molecule has 0 spiro atoms. The number of amides is 1. The van der Waals surface area contributed by atoms with Gasteiger partial charge in [0, 0.05) is 51.9 Å². The van der Waals surface area contributed by atoms with Gasteiger partial charge in [-0.3, -0.25) is 14.4 Å². The van der Waals surface area contributed by atoms with E-state index in [4.69, 9.17) is 0 Å². The van der Waals surface area contributed by atoms with Crippen molar-refractivity contribution in [3.05, 3.63) is 17.5 Å². The van der Waals surface area contributed by atoms with Gasteiger partial charge in [-0.1, -0.05) is 19.3 Å². The quantitative estimate of drug-likeness (QED) is 0.909. The maximum Gasteiger partial charge on any atom is 0.257 e. The zero-order chi connectivity index (χ0) is 17.1. The van der Waals surface area contributed by atoms with Crippen LogP contribution in [0, 0.1) is 0 Å². The average molecular weight is 334 g/mol. The lowest BCUT2D eigenvalue weighted by molar-refractivity contribution is 0.0552. The van der Waals surface area contributed by atoms with Gasteiger partial charge in [0.15, 0.2) is 0 Å². The Balaban J connectivity index is 1.67. The predicted molar refractivity (Wildman–Crippen MR) is 93.1 cm³/mol. The van der Waals surface area contributed by atoms with Crippen molar-refractivity contribution >= 4 is 5.91 Å². The minimum atomic E-state index is -0.316. The highest BCUT2D eigenvalue weighted by atomic mass is 16.3. The summed E-state index contributed by atoms with van der Waals surface area (Å²) >= 11 is 0. The molecule has 0 radical (unpaired) electrons. The van der Waals surface area contributed by atoms with Crippen LogP contribution in [-0.4, -0.2) is 69.4 Å². The lowest BCUT2D eigenvalue weighted by Gasteiger charge is -2.35. The molecule has 3 rings (SSSR count). The van der Waals surface area contributed by atoms with Gasteiger partial charge in [-0.05, 0) is 19.8 Å². The van der Waals surface area contributed by atoms with Crippen molar-refractivity contribution in [2.75, 3.05) is 32.7 Å². The number of β-amino-alcohol motifs (C(OH)–C–C–N with tert-alkyl or cyclic N) is 1. The number of aliphatic hydroxyl groups excluding tert-OH is 1. The molecule has 0 bridgehead atoms. The van der Waals surface area contributed by atoms with Gasteiger partial charge in [0.05, 0.1) is 17.4 Å². The van der Waals surface area contributed by atoms with Crippen molar-refractivity contribution in [1.29, 1.82) is 0 Å². The standard InChI is InChI=1S/C18H30N4O2/c1-14(23)12-21-8-10-22(11-9-21)18(24)16-13-20(2)19-17(16)15-6-4-3-5-7-15/h13-15,23H,3-12H2,1-2H3/t14-/m1/s1. The molecule has 1 aromatic rings. The highest BCUT2D eigenvalue weighted by Gasteiger charge is 2.29. The maximum atomic E-state index is 13.0. The van der Waals surface area contributed by atoms with Gasteiger partial charge in [0.25, 0.3) is 5.91 Å². The van der Waals surface area contributed by atoms with Gasteiger partial charge < -0.3 is 10.0 Å². The Hall–Kier alpha value is -1.40. The van der Waals surface area contributed by atoms with E-state index in [0.29, 0.717) is 12.5 Å². The third-order valence-electron chi connectivity index (χ3n) is 5.26. The van der Waals surface area contributed by atoms with E-state index in [1.54, 1.807) is 4.68 Å². The number of aryl methyl sites for hydroxylation is 1. The summed E-state index contributed by atoms with van der Waals surface area (Å²) in [5.41, 5.74) is 1.81. The van der Waals surface area contributed by atoms with Crippen molar-refractivity contribution in [3.63, 3.8) is 0 Å². The van der Waals surface area contributed by atoms with E-state index in [-0.39, 0.29) is 12.0 Å². The molecule has 0 unspecified atom stereocenters. The number of carbonyl (C=O) groups excluding carboxylic acids is 1. The Labute approximate surface area is 144 Å². The van der Waals surface area contributed by atoms with Crippen LogP contribution in [0.25, 0.3) is 0 Å². The van der Waals surface area contributed by atoms with Gasteiger partial charge >= 0.3 is 0 Å². The van der Waals surface area contributed by atoms with Gasteiger partial charge in [-0.2, -0.15) is 5.10 Å². The fourth-order valence-electron chi connectivity index (χ4n) is 4.03. The Morgan fingerprint density at radius 1 is 1.25 bits per heavy atom. The normalized spacial score (nSPS) is 21.9. The molecule has 6 heteroatoms. The smallest absolute Gasteiger partial charge is 0.257 e. The van der Waals surface area contributed by atoms with Crippen molar-refractivity contribution < 1.29 is 9.90 Å². The van der Waals surface area contributed by atoms with E-state index in [1.165, 1.54) is 19.3 Å². The first-order chi connectivity index (χ1) is 11.5. The fourth-order valence-corrected chi connectivity index (χ4v) is 4.03. The second-order valence-corrected chi connectivity index (χ2v) is 7.38. The van der Waals surface area contributed by atoms with Gasteiger partial charge in [-0.25, -0.2) is 0 Å². The van der Waals surface area contributed by atoms with E-state index in [9.17, 15) is 9.90 Å². The largest absolute Gasteiger partial charge is 0.392 e. The topological polar surface area (TPSA) is 61.6 Å². The predicted octanol–water partition coefficient (Wildman–Crippen LogP) is 1.61. The molecule has 1 atom stereocenters. The maximum absolute atomic E-state index is 13.0. The molecular weight excluding hydrogens is 304 g/mol. The number of hydrogen-bond acceptors (Lipinski definition) is 4. The number of aromatic nitrogens is 2. The molecule has 1 aliphatic heterocycles. The van der Waals surface area contributed by atoms with E-state index in [1.807, 2.05) is 25.1 Å². The molecule has 24 heavy (non-hydrogen) atoms. The Morgan fingerprint density at radius 2 is 1.92 bits per heavy atom. The second kappa shape index (κ2) is 7.66. The number of nitrogens with zero attached hydrogens (tertiary/aromatic N) is 4. The summed E-state index contributed by atoms with van der Waals surface area (Å²) in [4.78, 5) is 17.2. The zero-order valence-corrected chi connectivity index (χ0v) is 14.9. The minimum Gasteiger partial charge on any atom is -0.392 e. The molecule has 0 aromatic carbocycles. The summed E-state index contributed by atoms with van der Waals surface area (Å²) < 4.78 is 1.79. The number of aliphatic hydroxyl groups is 1. The Bertz CT molecular complexity index is 555. The van der Waals surface area contributed by atoms with Gasteiger partial charge in [-0.15, -0.1) is 0 Å². The first-order valence-corrected chi connectivity index (χ1v) is 9.28. The van der Waals surface area contributed by atoms with Crippen LogP contribution < -0.4 is 0 Å². The third-order valence-corrected chi connectivity index (χ3v) is 5.26. The van der Waals surface area contributed by atoms with E-state index in [0.717, 1.165) is 50.3 Å². The first kappa shape index (κ1) is 17.4. The van der Waals surface area contributed by atoms with Gasteiger partial charge in [0.2, 0.25) is 0 Å². The summed E-state index contributed by atoms with van der Waals surface area (Å²) in [5, 5.41) is 14.1. The van der Waals surface area contributed by atoms with Crippen molar-refractivity contribution in [1.82, 2.24) is 19.6 Å². The minimum absolute atomic E-state index is 0.125. The van der Waals surface area contributed by atoms with Crippen molar-refractivity contribution in [3.8, 4) is 0 Å². The molecule has 134 valence electrons. The molecule has 6 nitrogen and oxygen atoms in total. The molecule has 1 saturated carbocycles. The zero-order valence-electron chi connectivity index (χ0n) is 14.9. The molecular formula is C18H30N4O2. The van der Waals surface area contributed by atoms with Crippen molar-refractivity contribution in [2.45, 2.75) is 51.0 Å². The summed E-state index contributed by atoms with van der Waals surface area (Å²) in [6, 6.07) is 0. The summed E-state index contributed by atoms with van der Waals surface area (Å²) in [7, 11) is 1.91. The number of hydrogen-bond donors (Lipinski definition) is 1. The number of rotatable bonds is 4. The lowest BCUT2D eigenvalue weighted by Crippen LogP contribution is -2.50. The van der Waals surface area contributed by atoms with Crippen molar-refractivity contribution in [2.24, 2.45) is 7.05 Å². The molecule has 1 saturated heterocycles. The second-order valence-electron chi connectivity index (χ2n) is 7.38. The van der Waals surface area contributed by atoms with Crippen LogP contribution in [0.2, 0.25) is 0 Å². The SMILES string of the molecule is C[C@@H](O)CN1CCN(C(=O)c2cn(C)nc2C2CCCCC2)CC1. The molecule has 1 amide bonds. The van der Waals surface area contributed by atoms with Crippen LogP contribution in [0.5, 0.6) is 0 Å². The third kappa shape index (κ3) is 3.98. The molecule has 2 aliphatic rings. The molecule has 2 fully saturated rings. The molecule has 1 aromatic heterocycles. The monoisotopic (exact) mass is 334 g/mol. The summed E-state index contributed by atoms with van der Waals surface area (Å²) in [6.45, 7) is 5.60. The van der Waals surface area contributed by atoms with Crippen LogP contribution in [0.4, 0.5) is 0 Å². The van der Waals surface area contributed by atoms with Crippen LogP contribution in [0.15, 0.2) is 6.20 Å². The van der Waals surface area contributed by atoms with E-state index < -0.39 is 0 Å². The van der Waals surface area contributed by atoms with Crippen LogP contribution in [0.3, 0.4) is 0 Å². The average Bonchev–Trinajstić information content (AvgIpc) is 2.97. The van der Waals surface area contributed by atoms with Crippen LogP contribution in [-0.2, 0) is 7.05 Å². The highest BCUT2D eigenvalue weighted by molar-refractivity contribution is 5.95. The van der Waals surface area contributed by atoms with Gasteiger partial charge in [0.1, 0.15) is 0 Å². The lowest BCUT2D eigenvalue weighted by atomic mass is 9.85. The summed E-state index contributed by atoms with van der Waals surface area (Å²) in [6.07, 6.45) is 7.67. The van der Waals surface area contributed by atoms with E-state index in [2.05, 4.69) is 10.00 Å². The van der Waals surface area contributed by atoms with Crippen LogP contribution >= 0.6 is 0 Å². The Morgan fingerprint density at radius 3 is 2.54 bits per heavy atom. The number of carbonyl (C=O) groups is 1. The molecule has 1 aliphatic carbocycles. The fraction of sp³-hybridized carbons (Fsp3) is 0.778. The molecule has 2 heterocycles. The highest BCUT2D eigenvalue weighted by Crippen LogP contribution is 2.33. The first-order valence-electron chi connectivity index (χ1n) is 9.28. The number of piperazine rings is 1. The van der Waals surface area contributed by atoms with E-state index >= 15 is 0 Å². The Kier molecular flexibility index (Phi) is 5.56. The molecule has 1 N–H and O–H groups in total.